The standard InChI is InChI=1S/C29H24F2N4O3/c1-18(36)4-2-3-5-26-32-25-17-20(28-33-27(38-34-28)16-19-6-9-21(30)10-7-19)8-15-24(25)29(37)35(26)23-13-11-22(31)12-14-23/h6-15,17H,2-5,16H2,1H3. The summed E-state index contributed by atoms with van der Waals surface area (Å²) in [5, 5.41) is 4.45. The fraction of sp³-hybridized carbons (Fsp3) is 0.207. The van der Waals surface area contributed by atoms with E-state index in [-0.39, 0.29) is 17.2 Å². The van der Waals surface area contributed by atoms with E-state index in [4.69, 9.17) is 9.51 Å². The maximum Gasteiger partial charge on any atom is 0.265 e. The van der Waals surface area contributed by atoms with Crippen molar-refractivity contribution in [1.29, 1.82) is 0 Å². The van der Waals surface area contributed by atoms with Crippen molar-refractivity contribution in [2.24, 2.45) is 0 Å². The number of halogens is 2. The third-order valence-corrected chi connectivity index (χ3v) is 6.20. The van der Waals surface area contributed by atoms with Crippen LogP contribution in [0.3, 0.4) is 0 Å². The quantitative estimate of drug-likeness (QED) is 0.238. The Morgan fingerprint density at radius 3 is 2.34 bits per heavy atom. The molecule has 0 aliphatic carbocycles. The highest BCUT2D eigenvalue weighted by Crippen LogP contribution is 2.23. The molecule has 0 aliphatic rings. The molecule has 2 aromatic heterocycles. The van der Waals surface area contributed by atoms with E-state index < -0.39 is 5.82 Å². The van der Waals surface area contributed by atoms with Crippen LogP contribution in [-0.4, -0.2) is 25.5 Å². The van der Waals surface area contributed by atoms with Crippen molar-refractivity contribution in [2.75, 3.05) is 0 Å². The van der Waals surface area contributed by atoms with E-state index in [1.54, 1.807) is 49.4 Å². The number of carbonyl (C=O) groups excluding carboxylic acids is 1. The number of benzene rings is 3. The second-order valence-electron chi connectivity index (χ2n) is 9.10. The number of fused-ring (bicyclic) bond motifs is 1. The summed E-state index contributed by atoms with van der Waals surface area (Å²) in [6.07, 6.45) is 2.61. The van der Waals surface area contributed by atoms with E-state index in [0.717, 1.165) is 5.56 Å². The van der Waals surface area contributed by atoms with E-state index in [1.165, 1.54) is 28.8 Å². The summed E-state index contributed by atoms with van der Waals surface area (Å²) in [5.41, 5.74) is 2.16. The van der Waals surface area contributed by atoms with Crippen LogP contribution in [0.5, 0.6) is 0 Å². The van der Waals surface area contributed by atoms with Gasteiger partial charge in [0.1, 0.15) is 23.2 Å². The van der Waals surface area contributed by atoms with Gasteiger partial charge >= 0.3 is 0 Å². The maximum atomic E-state index is 13.6. The number of ketones is 1. The van der Waals surface area contributed by atoms with Gasteiger partial charge in [-0.15, -0.1) is 0 Å². The summed E-state index contributed by atoms with van der Waals surface area (Å²) in [4.78, 5) is 34.1. The van der Waals surface area contributed by atoms with Crippen molar-refractivity contribution < 1.29 is 18.1 Å². The molecule has 0 aliphatic heterocycles. The Labute approximate surface area is 216 Å². The molecule has 0 N–H and O–H groups in total. The van der Waals surface area contributed by atoms with Crippen molar-refractivity contribution in [3.8, 4) is 17.1 Å². The van der Waals surface area contributed by atoms with E-state index in [2.05, 4.69) is 10.1 Å². The largest absolute Gasteiger partial charge is 0.339 e. The van der Waals surface area contributed by atoms with Gasteiger partial charge in [-0.05, 0) is 73.9 Å². The number of nitrogens with zero attached hydrogens (tertiary/aromatic N) is 4. The van der Waals surface area contributed by atoms with Crippen LogP contribution in [0.15, 0.2) is 76.0 Å². The Morgan fingerprint density at radius 2 is 1.63 bits per heavy atom. The first kappa shape index (κ1) is 25.1. The summed E-state index contributed by atoms with van der Waals surface area (Å²) < 4.78 is 33.6. The molecule has 2 heterocycles. The second kappa shape index (κ2) is 10.8. The number of hydrogen-bond acceptors (Lipinski definition) is 6. The summed E-state index contributed by atoms with van der Waals surface area (Å²) in [7, 11) is 0. The van der Waals surface area contributed by atoms with Crippen LogP contribution in [0.2, 0.25) is 0 Å². The highest BCUT2D eigenvalue weighted by Gasteiger charge is 2.16. The summed E-state index contributed by atoms with van der Waals surface area (Å²) in [6, 6.07) is 16.9. The van der Waals surface area contributed by atoms with Crippen molar-refractivity contribution in [2.45, 2.75) is 39.0 Å². The van der Waals surface area contributed by atoms with Crippen molar-refractivity contribution in [3.05, 3.63) is 106 Å². The molecular formula is C29H24F2N4O3. The van der Waals surface area contributed by atoms with Crippen LogP contribution in [0.1, 0.15) is 43.5 Å². The van der Waals surface area contributed by atoms with E-state index >= 15 is 0 Å². The molecule has 3 aromatic carbocycles. The lowest BCUT2D eigenvalue weighted by atomic mass is 10.1. The molecule has 192 valence electrons. The van der Waals surface area contributed by atoms with Gasteiger partial charge in [0, 0.05) is 18.4 Å². The first-order chi connectivity index (χ1) is 18.4. The molecule has 9 heteroatoms. The lowest BCUT2D eigenvalue weighted by Gasteiger charge is -2.14. The van der Waals surface area contributed by atoms with Crippen LogP contribution in [0.25, 0.3) is 28.0 Å². The van der Waals surface area contributed by atoms with Crippen LogP contribution < -0.4 is 5.56 Å². The number of carbonyl (C=O) groups is 1. The molecule has 0 radical (unpaired) electrons. The molecule has 7 nitrogen and oxygen atoms in total. The molecule has 5 rings (SSSR count). The third-order valence-electron chi connectivity index (χ3n) is 6.20. The summed E-state index contributed by atoms with van der Waals surface area (Å²) in [5.74, 6) is 0.618. The van der Waals surface area contributed by atoms with Gasteiger partial charge in [-0.1, -0.05) is 23.4 Å². The first-order valence-corrected chi connectivity index (χ1v) is 12.3. The van der Waals surface area contributed by atoms with Crippen LogP contribution in [0.4, 0.5) is 8.78 Å². The zero-order valence-corrected chi connectivity index (χ0v) is 20.7. The molecule has 0 amide bonds. The smallest absolute Gasteiger partial charge is 0.265 e. The normalized spacial score (nSPS) is 11.2. The predicted octanol–water partition coefficient (Wildman–Crippen LogP) is 5.61. The fourth-order valence-electron chi connectivity index (χ4n) is 4.27. The zero-order chi connectivity index (χ0) is 26.6. The number of Topliss-reactive ketones (excluding diaryl/α,β-unsaturated/α-hetero) is 1. The average Bonchev–Trinajstić information content (AvgIpc) is 3.37. The lowest BCUT2D eigenvalue weighted by molar-refractivity contribution is -0.117. The second-order valence-corrected chi connectivity index (χ2v) is 9.10. The Hall–Kier alpha value is -4.53. The Bertz CT molecular complexity index is 1660. The predicted molar refractivity (Wildman–Crippen MR) is 138 cm³/mol. The highest BCUT2D eigenvalue weighted by atomic mass is 19.1. The van der Waals surface area contributed by atoms with Gasteiger partial charge in [-0.3, -0.25) is 9.36 Å². The molecule has 0 unspecified atom stereocenters. The van der Waals surface area contributed by atoms with E-state index in [9.17, 15) is 18.4 Å². The number of rotatable bonds is 9. The molecule has 0 saturated heterocycles. The zero-order valence-electron chi connectivity index (χ0n) is 20.7. The fourth-order valence-corrected chi connectivity index (χ4v) is 4.27. The SMILES string of the molecule is CC(=O)CCCCc1nc2cc(-c3noc(Cc4ccc(F)cc4)n3)ccc2c(=O)n1-c1ccc(F)cc1. The average molecular weight is 515 g/mol. The Morgan fingerprint density at radius 1 is 0.921 bits per heavy atom. The van der Waals surface area contributed by atoms with Gasteiger partial charge in [0.15, 0.2) is 0 Å². The topological polar surface area (TPSA) is 90.9 Å². The minimum atomic E-state index is -0.401. The summed E-state index contributed by atoms with van der Waals surface area (Å²) in [6.45, 7) is 1.55. The molecule has 0 saturated carbocycles. The molecule has 0 bridgehead atoms. The van der Waals surface area contributed by atoms with Gasteiger partial charge in [0.2, 0.25) is 11.7 Å². The molecule has 0 atom stereocenters. The molecule has 0 spiro atoms. The van der Waals surface area contributed by atoms with Crippen LogP contribution in [-0.2, 0) is 17.6 Å². The van der Waals surface area contributed by atoms with Gasteiger partial charge in [-0.2, -0.15) is 4.98 Å². The van der Waals surface area contributed by atoms with Gasteiger partial charge in [-0.25, -0.2) is 13.8 Å². The third kappa shape index (κ3) is 5.56. The van der Waals surface area contributed by atoms with Crippen LogP contribution in [0, 0.1) is 11.6 Å². The number of aromatic nitrogens is 4. The van der Waals surface area contributed by atoms with Gasteiger partial charge in [0.25, 0.3) is 5.56 Å². The van der Waals surface area contributed by atoms with Crippen molar-refractivity contribution in [3.63, 3.8) is 0 Å². The molecule has 0 fully saturated rings. The van der Waals surface area contributed by atoms with Crippen molar-refractivity contribution in [1.82, 2.24) is 19.7 Å². The van der Waals surface area contributed by atoms with Crippen LogP contribution >= 0.6 is 0 Å². The van der Waals surface area contributed by atoms with E-state index in [0.29, 0.717) is 71.8 Å². The Kier molecular flexibility index (Phi) is 7.17. The number of aryl methyl sites for hydroxylation is 1. The minimum Gasteiger partial charge on any atom is -0.339 e. The molecular weight excluding hydrogens is 490 g/mol. The van der Waals surface area contributed by atoms with Gasteiger partial charge < -0.3 is 9.32 Å². The monoisotopic (exact) mass is 514 g/mol. The molecule has 38 heavy (non-hydrogen) atoms. The first-order valence-electron chi connectivity index (χ1n) is 12.3. The minimum absolute atomic E-state index is 0.107. The van der Waals surface area contributed by atoms with Crippen molar-refractivity contribution >= 4 is 16.7 Å². The Balaban J connectivity index is 1.50. The summed E-state index contributed by atoms with van der Waals surface area (Å²) >= 11 is 0. The number of hydrogen-bond donors (Lipinski definition) is 0. The maximum absolute atomic E-state index is 13.6. The highest BCUT2D eigenvalue weighted by molar-refractivity contribution is 5.82. The van der Waals surface area contributed by atoms with E-state index in [1.807, 2.05) is 0 Å². The number of unbranched alkanes of at least 4 members (excludes halogenated alkanes) is 1. The lowest BCUT2D eigenvalue weighted by Crippen LogP contribution is -2.24. The van der Waals surface area contributed by atoms with Gasteiger partial charge in [0.05, 0.1) is 23.0 Å². The molecule has 5 aromatic rings.